The standard InChI is InChI=1S/C27H34FN3O4S.C3H8.4C2H6.H2S/c1-17-5-6-21(13-18(17)2)27(33)31-11-9-19(10-12-31)16-35-25-15-24(28)23(14-22(25)20-7-8-20)26(32)29-30(3)36-34-4;1-3-2;4*1-2;/h5-6,13-15,19-20H,7-12,16H2,1-4H3,(H,29,32);3H2,1-2H3;4*1-2H3;1H2. The Bertz CT molecular complexity index is 1140. The van der Waals surface area contributed by atoms with Crippen molar-refractivity contribution >= 4 is 37.5 Å². The number of aryl methyl sites for hydroxylation is 2. The molecule has 1 heterocycles. The van der Waals surface area contributed by atoms with Crippen LogP contribution in [0.5, 0.6) is 5.75 Å². The van der Waals surface area contributed by atoms with Gasteiger partial charge in [0, 0.05) is 31.8 Å². The molecule has 1 saturated heterocycles. The van der Waals surface area contributed by atoms with Gasteiger partial charge >= 0.3 is 0 Å². The molecule has 278 valence electrons. The predicted molar refractivity (Wildman–Crippen MR) is 210 cm³/mol. The predicted octanol–water partition coefficient (Wildman–Crippen LogP) is 10.7. The smallest absolute Gasteiger partial charge is 0.269 e. The molecule has 1 aliphatic carbocycles. The second kappa shape index (κ2) is 29.6. The number of rotatable bonds is 9. The molecular weight excluding hydrogens is 646 g/mol. The molecule has 0 atom stereocenters. The molecule has 2 aromatic carbocycles. The summed E-state index contributed by atoms with van der Waals surface area (Å²) in [6.07, 6.45) is 4.92. The van der Waals surface area contributed by atoms with E-state index in [1.54, 1.807) is 13.1 Å². The molecule has 2 amide bonds. The van der Waals surface area contributed by atoms with Crippen molar-refractivity contribution in [3.8, 4) is 5.75 Å². The second-order valence-corrected chi connectivity index (χ2v) is 11.4. The number of carbonyl (C=O) groups excluding carboxylic acids is 2. The van der Waals surface area contributed by atoms with Gasteiger partial charge in [-0.3, -0.25) is 15.0 Å². The minimum atomic E-state index is -0.614. The minimum absolute atomic E-state index is 0. The van der Waals surface area contributed by atoms with E-state index in [9.17, 15) is 14.0 Å². The number of amides is 2. The van der Waals surface area contributed by atoms with Crippen molar-refractivity contribution in [1.29, 1.82) is 0 Å². The third-order valence-electron chi connectivity index (χ3n) is 6.94. The molecule has 0 bridgehead atoms. The molecule has 48 heavy (non-hydrogen) atoms. The molecule has 0 spiro atoms. The summed E-state index contributed by atoms with van der Waals surface area (Å²) >= 11 is 0.941. The summed E-state index contributed by atoms with van der Waals surface area (Å²) in [5.74, 6) is 0.00591. The van der Waals surface area contributed by atoms with Crippen LogP contribution in [-0.4, -0.2) is 55.0 Å². The molecule has 2 aromatic rings. The molecule has 1 saturated carbocycles. The SMILES string of the molecule is CC.CC.CC.CC.CCC.COSN(C)NC(=O)c1cc(C2CC2)c(OCC2CCN(C(=O)c3ccc(C)c(C)c3)CC2)cc1F.S. The summed E-state index contributed by atoms with van der Waals surface area (Å²) in [5.41, 5.74) is 6.47. The van der Waals surface area contributed by atoms with E-state index in [4.69, 9.17) is 8.92 Å². The zero-order chi connectivity index (χ0) is 36.5. The number of hydrogen-bond donors (Lipinski definition) is 1. The Morgan fingerprint density at radius 1 is 0.917 bits per heavy atom. The van der Waals surface area contributed by atoms with Crippen molar-refractivity contribution in [2.75, 3.05) is 33.9 Å². The molecule has 7 nitrogen and oxygen atoms in total. The lowest BCUT2D eigenvalue weighted by molar-refractivity contribution is 0.0660. The maximum atomic E-state index is 14.9. The Morgan fingerprint density at radius 2 is 1.46 bits per heavy atom. The van der Waals surface area contributed by atoms with Crippen LogP contribution in [0.25, 0.3) is 0 Å². The lowest BCUT2D eigenvalue weighted by Gasteiger charge is -2.32. The van der Waals surface area contributed by atoms with Gasteiger partial charge in [0.05, 0.1) is 19.3 Å². The highest BCUT2D eigenvalue weighted by Crippen LogP contribution is 2.45. The maximum Gasteiger partial charge on any atom is 0.269 e. The van der Waals surface area contributed by atoms with E-state index >= 15 is 0 Å². The Labute approximate surface area is 304 Å². The van der Waals surface area contributed by atoms with Crippen molar-refractivity contribution in [2.24, 2.45) is 5.92 Å². The Kier molecular flexibility index (Phi) is 30.9. The molecule has 0 aromatic heterocycles. The summed E-state index contributed by atoms with van der Waals surface area (Å²) in [5, 5.41) is 0. The minimum Gasteiger partial charge on any atom is -0.493 e. The monoisotopic (exact) mass is 713 g/mol. The maximum absolute atomic E-state index is 14.9. The third kappa shape index (κ3) is 17.4. The summed E-state index contributed by atoms with van der Waals surface area (Å²) in [7, 11) is 3.10. The number of nitrogens with one attached hydrogen (secondary N) is 1. The summed E-state index contributed by atoms with van der Waals surface area (Å²) < 4.78 is 27.3. The largest absolute Gasteiger partial charge is 0.493 e. The number of carbonyl (C=O) groups is 2. The van der Waals surface area contributed by atoms with Crippen LogP contribution in [0.1, 0.15) is 145 Å². The van der Waals surface area contributed by atoms with Crippen molar-refractivity contribution in [3.63, 3.8) is 0 Å². The average Bonchev–Trinajstić information content (AvgIpc) is 3.95. The molecule has 0 radical (unpaired) electrons. The lowest BCUT2D eigenvalue weighted by atomic mass is 9.96. The fourth-order valence-electron chi connectivity index (χ4n) is 4.49. The molecule has 1 N–H and O–H groups in total. The van der Waals surface area contributed by atoms with Crippen LogP contribution in [0.15, 0.2) is 30.3 Å². The van der Waals surface area contributed by atoms with E-state index in [0.29, 0.717) is 25.4 Å². The van der Waals surface area contributed by atoms with Gasteiger partial charge in [-0.05, 0) is 86.3 Å². The first-order valence-corrected chi connectivity index (χ1v) is 18.5. The topological polar surface area (TPSA) is 71.1 Å². The van der Waals surface area contributed by atoms with Crippen LogP contribution in [0.4, 0.5) is 4.39 Å². The van der Waals surface area contributed by atoms with Crippen molar-refractivity contribution in [3.05, 3.63) is 64.0 Å². The van der Waals surface area contributed by atoms with E-state index in [-0.39, 0.29) is 36.8 Å². The summed E-state index contributed by atoms with van der Waals surface area (Å²) in [4.78, 5) is 27.4. The number of benzene rings is 2. The van der Waals surface area contributed by atoms with Gasteiger partial charge in [0.1, 0.15) is 23.8 Å². The van der Waals surface area contributed by atoms with E-state index in [2.05, 4.69) is 19.3 Å². The van der Waals surface area contributed by atoms with Gasteiger partial charge in [0.2, 0.25) is 0 Å². The van der Waals surface area contributed by atoms with E-state index < -0.39 is 11.7 Å². The van der Waals surface area contributed by atoms with Crippen LogP contribution >= 0.6 is 25.7 Å². The molecule has 0 unspecified atom stereocenters. The molecule has 2 aliphatic rings. The molecule has 1 aliphatic heterocycles. The van der Waals surface area contributed by atoms with E-state index in [1.165, 1.54) is 29.6 Å². The van der Waals surface area contributed by atoms with Crippen LogP contribution in [0, 0.1) is 25.6 Å². The quantitative estimate of drug-likeness (QED) is 0.158. The lowest BCUT2D eigenvalue weighted by Crippen LogP contribution is -2.39. The van der Waals surface area contributed by atoms with Crippen LogP contribution in [0.3, 0.4) is 0 Å². The van der Waals surface area contributed by atoms with Gasteiger partial charge in [0.15, 0.2) is 0 Å². The molecule has 2 fully saturated rings. The van der Waals surface area contributed by atoms with Gasteiger partial charge in [-0.15, -0.1) is 4.41 Å². The Balaban J connectivity index is -0.00000152. The third-order valence-corrected chi connectivity index (χ3v) is 7.40. The fraction of sp³-hybridized carbons (Fsp3) is 0.632. The summed E-state index contributed by atoms with van der Waals surface area (Å²) in [6.45, 7) is 26.1. The normalized spacial score (nSPS) is 13.1. The van der Waals surface area contributed by atoms with E-state index in [0.717, 1.165) is 54.6 Å². The average molecular weight is 714 g/mol. The number of likely N-dealkylation sites (tertiary alicyclic amines) is 1. The van der Waals surface area contributed by atoms with Gasteiger partial charge in [0.25, 0.3) is 11.8 Å². The molecule has 10 heteroatoms. The van der Waals surface area contributed by atoms with Gasteiger partial charge in [-0.25, -0.2) is 4.39 Å². The zero-order valence-electron chi connectivity index (χ0n) is 32.5. The number of nitrogens with zero attached hydrogens (tertiary/aromatic N) is 2. The summed E-state index contributed by atoms with van der Waals surface area (Å²) in [6, 6.07) is 8.80. The fourth-order valence-corrected chi connectivity index (χ4v) is 4.83. The van der Waals surface area contributed by atoms with Crippen LogP contribution in [-0.2, 0) is 4.18 Å². The van der Waals surface area contributed by atoms with Crippen molar-refractivity contribution < 1.29 is 22.9 Å². The number of halogens is 1. The van der Waals surface area contributed by atoms with Crippen LogP contribution < -0.4 is 10.2 Å². The van der Waals surface area contributed by atoms with E-state index in [1.807, 2.05) is 92.3 Å². The van der Waals surface area contributed by atoms with Crippen molar-refractivity contribution in [2.45, 2.75) is 121 Å². The Morgan fingerprint density at radius 3 is 1.94 bits per heavy atom. The Hall–Kier alpha value is -2.27. The van der Waals surface area contributed by atoms with Gasteiger partial charge < -0.3 is 13.8 Å². The van der Waals surface area contributed by atoms with Crippen molar-refractivity contribution in [1.82, 2.24) is 14.7 Å². The highest BCUT2D eigenvalue weighted by molar-refractivity contribution is 7.92. The highest BCUT2D eigenvalue weighted by Gasteiger charge is 2.30. The second-order valence-electron chi connectivity index (χ2n) is 10.4. The highest BCUT2D eigenvalue weighted by atomic mass is 32.2. The zero-order valence-corrected chi connectivity index (χ0v) is 34.3. The first-order chi connectivity index (χ1) is 22.7. The number of hydrogen-bond acceptors (Lipinski definition) is 6. The van der Waals surface area contributed by atoms with Gasteiger partial charge in [-0.1, -0.05) is 81.7 Å². The first kappa shape index (κ1) is 50.1. The number of hydrazine groups is 1. The first-order valence-electron chi connectivity index (χ1n) is 17.8. The molecular formula is C38H68FN3O4S2. The molecule has 4 rings (SSSR count). The van der Waals surface area contributed by atoms with Crippen LogP contribution in [0.2, 0.25) is 0 Å². The number of ether oxygens (including phenoxy) is 1. The number of piperidine rings is 1. The van der Waals surface area contributed by atoms with Gasteiger partial charge in [-0.2, -0.15) is 13.5 Å².